The molecule has 0 aromatic heterocycles. The summed E-state index contributed by atoms with van der Waals surface area (Å²) in [5, 5.41) is 0. The van der Waals surface area contributed by atoms with Crippen LogP contribution >= 0.6 is 0 Å². The third-order valence-corrected chi connectivity index (χ3v) is 3.86. The van der Waals surface area contributed by atoms with Crippen LogP contribution in [0.1, 0.15) is 5.56 Å². The fourth-order valence-electron chi connectivity index (χ4n) is 1.26. The smallest absolute Gasteiger partial charge is 0.390 e. The van der Waals surface area contributed by atoms with Crippen LogP contribution in [0.5, 0.6) is 0 Å². The Labute approximate surface area is 93.9 Å². The van der Waals surface area contributed by atoms with Gasteiger partial charge in [-0.2, -0.15) is 8.42 Å². The number of aryl methyl sites for hydroxylation is 1. The van der Waals surface area contributed by atoms with Crippen LogP contribution in [0.3, 0.4) is 0 Å². The molecule has 0 saturated heterocycles. The molecular weight excluding hydrogens is 252 g/mol. The van der Waals surface area contributed by atoms with E-state index in [1.54, 1.807) is 6.07 Å². The van der Waals surface area contributed by atoms with Gasteiger partial charge in [-0.1, -0.05) is 18.2 Å². The monoisotopic (exact) mass is 264 g/mol. The summed E-state index contributed by atoms with van der Waals surface area (Å²) in [6.45, 7) is 0. The largest absolute Gasteiger partial charge is 0.493 e. The lowest BCUT2D eigenvalue weighted by Gasteiger charge is -2.10. The number of rotatable bonds is 4. The maximum atomic E-state index is 11.0. The average molecular weight is 264 g/mol. The molecule has 1 aromatic carbocycles. The van der Waals surface area contributed by atoms with E-state index in [1.807, 2.05) is 0 Å². The van der Waals surface area contributed by atoms with Gasteiger partial charge in [-0.05, 0) is 18.1 Å². The molecule has 0 atom stereocenters. The van der Waals surface area contributed by atoms with Crippen LogP contribution < -0.4 is 0 Å². The SMILES string of the molecule is O=S(=O)(O)c1ccccc1CC[Si](O)(O)O. The molecule has 0 radical (unpaired) electrons. The highest BCUT2D eigenvalue weighted by Crippen LogP contribution is 2.18. The normalized spacial score (nSPS) is 12.8. The van der Waals surface area contributed by atoms with Crippen LogP contribution in [0.25, 0.3) is 0 Å². The summed E-state index contributed by atoms with van der Waals surface area (Å²) >= 11 is 0. The van der Waals surface area contributed by atoms with E-state index in [0.717, 1.165) is 0 Å². The zero-order valence-corrected chi connectivity index (χ0v) is 10.1. The fraction of sp³-hybridized carbons (Fsp3) is 0.250. The summed E-state index contributed by atoms with van der Waals surface area (Å²) in [5.74, 6) is 0. The van der Waals surface area contributed by atoms with Crippen molar-refractivity contribution in [3.63, 3.8) is 0 Å². The molecule has 0 aliphatic rings. The van der Waals surface area contributed by atoms with Crippen molar-refractivity contribution in [3.8, 4) is 0 Å². The second kappa shape index (κ2) is 4.61. The van der Waals surface area contributed by atoms with Gasteiger partial charge in [0.05, 0.1) is 4.90 Å². The Morgan fingerprint density at radius 3 is 2.19 bits per heavy atom. The van der Waals surface area contributed by atoms with Gasteiger partial charge in [0.2, 0.25) is 0 Å². The Kier molecular flexibility index (Phi) is 3.83. The molecule has 0 fully saturated rings. The molecule has 0 unspecified atom stereocenters. The first-order valence-electron chi connectivity index (χ1n) is 4.43. The minimum absolute atomic E-state index is 0.0360. The minimum Gasteiger partial charge on any atom is -0.390 e. The zero-order valence-electron chi connectivity index (χ0n) is 8.24. The van der Waals surface area contributed by atoms with E-state index in [4.69, 9.17) is 18.9 Å². The highest BCUT2D eigenvalue weighted by Gasteiger charge is 2.27. The first-order valence-corrected chi connectivity index (χ1v) is 7.91. The van der Waals surface area contributed by atoms with Crippen LogP contribution in [-0.4, -0.2) is 36.2 Å². The maximum Gasteiger partial charge on any atom is 0.493 e. The lowest BCUT2D eigenvalue weighted by molar-refractivity contribution is 0.227. The minimum atomic E-state index is -4.33. The summed E-state index contributed by atoms with van der Waals surface area (Å²) in [6, 6.07) is 5.32. The molecule has 6 nitrogen and oxygen atoms in total. The predicted molar refractivity (Wildman–Crippen MR) is 57.2 cm³/mol. The number of hydrogen-bond acceptors (Lipinski definition) is 5. The molecule has 0 bridgehead atoms. The molecule has 0 aliphatic carbocycles. The Morgan fingerprint density at radius 2 is 1.69 bits per heavy atom. The van der Waals surface area contributed by atoms with Gasteiger partial charge in [0.1, 0.15) is 0 Å². The van der Waals surface area contributed by atoms with Gasteiger partial charge < -0.3 is 14.4 Å². The summed E-state index contributed by atoms with van der Waals surface area (Å²) in [6.07, 6.45) is -0.0360. The van der Waals surface area contributed by atoms with Gasteiger partial charge in [0, 0.05) is 6.04 Å². The molecule has 1 aromatic rings. The Morgan fingerprint density at radius 1 is 1.12 bits per heavy atom. The van der Waals surface area contributed by atoms with Crippen molar-refractivity contribution in [2.24, 2.45) is 0 Å². The Balaban J connectivity index is 2.97. The third kappa shape index (κ3) is 4.00. The van der Waals surface area contributed by atoms with E-state index in [0.29, 0.717) is 0 Å². The summed E-state index contributed by atoms with van der Waals surface area (Å²) < 4.78 is 30.8. The first kappa shape index (κ1) is 13.3. The van der Waals surface area contributed by atoms with Crippen LogP contribution in [-0.2, 0) is 16.5 Å². The first-order chi connectivity index (χ1) is 7.20. The van der Waals surface area contributed by atoms with Crippen molar-refractivity contribution in [2.45, 2.75) is 17.4 Å². The lowest BCUT2D eigenvalue weighted by atomic mass is 10.2. The van der Waals surface area contributed by atoms with Crippen LogP contribution in [0.4, 0.5) is 0 Å². The standard InChI is InChI=1S/C8H12O6SSi/c9-15(10,11)8-4-2-1-3-7(8)5-6-16(12,13)14/h1-4,12-14H,5-6H2,(H,9,10,11). The average Bonchev–Trinajstić information content (AvgIpc) is 2.12. The van der Waals surface area contributed by atoms with Gasteiger partial charge >= 0.3 is 8.80 Å². The molecule has 4 N–H and O–H groups in total. The van der Waals surface area contributed by atoms with Gasteiger partial charge in [0.25, 0.3) is 10.1 Å². The summed E-state index contributed by atoms with van der Waals surface area (Å²) in [7, 11) is -8.53. The van der Waals surface area contributed by atoms with Crippen molar-refractivity contribution in [1.29, 1.82) is 0 Å². The highest BCUT2D eigenvalue weighted by atomic mass is 32.2. The Hall–Kier alpha value is -0.773. The molecule has 1 rings (SSSR count). The fourth-order valence-corrected chi connectivity index (χ4v) is 2.62. The van der Waals surface area contributed by atoms with E-state index < -0.39 is 18.9 Å². The van der Waals surface area contributed by atoms with Gasteiger partial charge in [0.15, 0.2) is 0 Å². The third-order valence-electron chi connectivity index (χ3n) is 1.98. The molecule has 0 amide bonds. The van der Waals surface area contributed by atoms with Gasteiger partial charge in [-0.15, -0.1) is 0 Å². The van der Waals surface area contributed by atoms with E-state index in [1.165, 1.54) is 18.2 Å². The second-order valence-corrected chi connectivity index (χ2v) is 6.80. The van der Waals surface area contributed by atoms with Crippen molar-refractivity contribution in [3.05, 3.63) is 29.8 Å². The van der Waals surface area contributed by atoms with Crippen molar-refractivity contribution < 1.29 is 27.4 Å². The molecule has 0 saturated carbocycles. The van der Waals surface area contributed by atoms with Gasteiger partial charge in [-0.3, -0.25) is 4.55 Å². The molecule has 0 spiro atoms. The molecule has 8 heteroatoms. The highest BCUT2D eigenvalue weighted by molar-refractivity contribution is 7.85. The molecular formula is C8H12O6SSi. The van der Waals surface area contributed by atoms with E-state index in [9.17, 15) is 8.42 Å². The zero-order chi connectivity index (χ0) is 12.4. The van der Waals surface area contributed by atoms with Crippen LogP contribution in [0, 0.1) is 0 Å². The topological polar surface area (TPSA) is 115 Å². The van der Waals surface area contributed by atoms with Crippen LogP contribution in [0.2, 0.25) is 6.04 Å². The quantitative estimate of drug-likeness (QED) is 0.426. The lowest BCUT2D eigenvalue weighted by Crippen LogP contribution is -2.34. The van der Waals surface area contributed by atoms with E-state index >= 15 is 0 Å². The molecule has 16 heavy (non-hydrogen) atoms. The second-order valence-electron chi connectivity index (χ2n) is 3.36. The maximum absolute atomic E-state index is 11.0. The molecule has 0 heterocycles. The summed E-state index contributed by atoms with van der Waals surface area (Å²) in [4.78, 5) is 26.1. The van der Waals surface area contributed by atoms with Crippen molar-refractivity contribution in [2.75, 3.05) is 0 Å². The van der Waals surface area contributed by atoms with E-state index in [-0.39, 0.29) is 22.9 Å². The van der Waals surface area contributed by atoms with Crippen molar-refractivity contribution in [1.82, 2.24) is 0 Å². The molecule has 0 aliphatic heterocycles. The Bertz CT molecular complexity index is 464. The summed E-state index contributed by atoms with van der Waals surface area (Å²) in [5.41, 5.74) is 0.235. The predicted octanol–water partition coefficient (Wildman–Crippen LogP) is -0.608. The number of hydrogen-bond donors (Lipinski definition) is 4. The van der Waals surface area contributed by atoms with E-state index in [2.05, 4.69) is 0 Å². The van der Waals surface area contributed by atoms with Gasteiger partial charge in [-0.25, -0.2) is 0 Å². The number of benzene rings is 1. The van der Waals surface area contributed by atoms with Crippen molar-refractivity contribution >= 4 is 18.9 Å². The van der Waals surface area contributed by atoms with Crippen LogP contribution in [0.15, 0.2) is 29.2 Å². The molecule has 90 valence electrons.